The molecule has 0 bridgehead atoms. The zero-order chi connectivity index (χ0) is 11.1. The minimum atomic E-state index is -0.341. The van der Waals surface area contributed by atoms with Gasteiger partial charge in [0.15, 0.2) is 0 Å². The van der Waals surface area contributed by atoms with Gasteiger partial charge in [-0.15, -0.1) is 0 Å². The maximum absolute atomic E-state index is 11.6. The van der Waals surface area contributed by atoms with Gasteiger partial charge in [0.05, 0.1) is 10.9 Å². The Morgan fingerprint density at radius 1 is 1.57 bits per heavy atom. The van der Waals surface area contributed by atoms with Gasteiger partial charge in [0.1, 0.15) is 0 Å². The van der Waals surface area contributed by atoms with E-state index >= 15 is 0 Å². The van der Waals surface area contributed by atoms with E-state index in [1.165, 1.54) is 0 Å². The number of thioether (sulfide) groups is 1. The topological polar surface area (TPSA) is 55.1 Å². The van der Waals surface area contributed by atoms with Crippen molar-refractivity contribution in [3.63, 3.8) is 0 Å². The number of thiocarbonyl (C=S) groups is 1. The van der Waals surface area contributed by atoms with Crippen molar-refractivity contribution < 1.29 is 4.79 Å². The normalized spacial score (nSPS) is 12.6. The second-order valence-electron chi connectivity index (χ2n) is 3.41. The van der Waals surface area contributed by atoms with E-state index in [2.05, 4.69) is 5.32 Å². The van der Waals surface area contributed by atoms with Crippen LogP contribution in [-0.2, 0) is 4.79 Å². The van der Waals surface area contributed by atoms with Gasteiger partial charge in [0.2, 0.25) is 5.91 Å². The van der Waals surface area contributed by atoms with Gasteiger partial charge >= 0.3 is 0 Å². The highest BCUT2D eigenvalue weighted by atomic mass is 32.2. The monoisotopic (exact) mass is 234 g/mol. The molecule has 0 aromatic heterocycles. The molecule has 0 spiro atoms. The summed E-state index contributed by atoms with van der Waals surface area (Å²) in [6, 6.07) is 0. The Labute approximate surface area is 95.2 Å². The molecule has 0 saturated carbocycles. The van der Waals surface area contributed by atoms with Crippen LogP contribution in [0, 0.1) is 11.8 Å². The van der Waals surface area contributed by atoms with Crippen molar-refractivity contribution >= 4 is 34.9 Å². The van der Waals surface area contributed by atoms with E-state index in [0.29, 0.717) is 6.54 Å². The zero-order valence-electron chi connectivity index (χ0n) is 8.87. The molecule has 0 radical (unpaired) electrons. The van der Waals surface area contributed by atoms with E-state index in [0.717, 1.165) is 5.75 Å². The summed E-state index contributed by atoms with van der Waals surface area (Å²) < 4.78 is 0. The second kappa shape index (κ2) is 7.06. The van der Waals surface area contributed by atoms with E-state index in [-0.39, 0.29) is 22.7 Å². The van der Waals surface area contributed by atoms with Crippen molar-refractivity contribution in [3.8, 4) is 0 Å². The van der Waals surface area contributed by atoms with Crippen molar-refractivity contribution in [3.05, 3.63) is 0 Å². The van der Waals surface area contributed by atoms with E-state index in [4.69, 9.17) is 18.0 Å². The van der Waals surface area contributed by atoms with Crippen molar-refractivity contribution in [1.29, 1.82) is 0 Å². The lowest BCUT2D eigenvalue weighted by atomic mass is 9.95. The molecule has 0 fully saturated rings. The molecule has 0 saturated heterocycles. The van der Waals surface area contributed by atoms with Gasteiger partial charge in [-0.3, -0.25) is 4.79 Å². The number of nitrogens with two attached hydrogens (primary N) is 1. The molecule has 0 aliphatic carbocycles. The molecule has 1 atom stereocenters. The molecule has 0 aromatic carbocycles. The highest BCUT2D eigenvalue weighted by Crippen LogP contribution is 2.11. The largest absolute Gasteiger partial charge is 0.393 e. The van der Waals surface area contributed by atoms with Crippen LogP contribution in [0.3, 0.4) is 0 Å². The third-order valence-electron chi connectivity index (χ3n) is 1.86. The van der Waals surface area contributed by atoms with E-state index in [9.17, 15) is 4.79 Å². The summed E-state index contributed by atoms with van der Waals surface area (Å²) >= 11 is 6.55. The van der Waals surface area contributed by atoms with Crippen LogP contribution in [0.25, 0.3) is 0 Å². The summed E-state index contributed by atoms with van der Waals surface area (Å²) in [6.45, 7) is 4.56. The van der Waals surface area contributed by atoms with Crippen LogP contribution in [0.5, 0.6) is 0 Å². The summed E-state index contributed by atoms with van der Waals surface area (Å²) in [5.74, 6) is 0.670. The van der Waals surface area contributed by atoms with Crippen molar-refractivity contribution in [2.75, 3.05) is 18.6 Å². The van der Waals surface area contributed by atoms with Crippen LogP contribution in [0.1, 0.15) is 13.8 Å². The first-order valence-corrected chi connectivity index (χ1v) is 6.36. The fraction of sp³-hybridized carbons (Fsp3) is 0.778. The third-order valence-corrected chi connectivity index (χ3v) is 2.73. The summed E-state index contributed by atoms with van der Waals surface area (Å²) in [5.41, 5.74) is 5.51. The minimum Gasteiger partial charge on any atom is -0.393 e. The van der Waals surface area contributed by atoms with E-state index < -0.39 is 0 Å². The van der Waals surface area contributed by atoms with Crippen molar-refractivity contribution in [1.82, 2.24) is 5.32 Å². The first-order chi connectivity index (χ1) is 6.50. The number of hydrogen-bond acceptors (Lipinski definition) is 3. The minimum absolute atomic E-state index is 0.0541. The molecule has 14 heavy (non-hydrogen) atoms. The van der Waals surface area contributed by atoms with Gasteiger partial charge in [-0.1, -0.05) is 26.1 Å². The number of nitrogens with one attached hydrogen (secondary N) is 1. The molecule has 0 aliphatic heterocycles. The van der Waals surface area contributed by atoms with Crippen molar-refractivity contribution in [2.24, 2.45) is 17.6 Å². The SMILES string of the molecule is CSCCNC(=O)C(C(N)=S)C(C)C. The standard InChI is InChI=1S/C9H18N2OS2/c1-6(2)7(8(10)13)9(12)11-4-5-14-3/h6-7H,4-5H2,1-3H3,(H2,10,13)(H,11,12). The van der Waals surface area contributed by atoms with Crippen LogP contribution < -0.4 is 11.1 Å². The molecule has 0 rings (SSSR count). The Balaban J connectivity index is 4.10. The number of amides is 1. The number of carbonyl (C=O) groups excluding carboxylic acids is 1. The lowest BCUT2D eigenvalue weighted by molar-refractivity contribution is -0.123. The van der Waals surface area contributed by atoms with Gasteiger partial charge in [0.25, 0.3) is 0 Å². The Kier molecular flexibility index (Phi) is 6.92. The summed E-state index contributed by atoms with van der Waals surface area (Å²) in [5, 5.41) is 2.82. The Bertz CT molecular complexity index is 207. The molecule has 82 valence electrons. The molecule has 3 N–H and O–H groups in total. The van der Waals surface area contributed by atoms with Gasteiger partial charge in [-0.05, 0) is 12.2 Å². The number of carbonyl (C=O) groups is 1. The van der Waals surface area contributed by atoms with Crippen LogP contribution in [0.15, 0.2) is 0 Å². The van der Waals surface area contributed by atoms with Gasteiger partial charge in [-0.2, -0.15) is 11.8 Å². The van der Waals surface area contributed by atoms with Crippen LogP contribution >= 0.6 is 24.0 Å². The van der Waals surface area contributed by atoms with Gasteiger partial charge < -0.3 is 11.1 Å². The average Bonchev–Trinajstić information content (AvgIpc) is 2.03. The first kappa shape index (κ1) is 13.7. The fourth-order valence-electron chi connectivity index (χ4n) is 1.15. The molecule has 0 heterocycles. The van der Waals surface area contributed by atoms with Gasteiger partial charge in [0, 0.05) is 12.3 Å². The fourth-order valence-corrected chi connectivity index (χ4v) is 1.83. The maximum atomic E-state index is 11.6. The molecule has 0 aromatic rings. The lowest BCUT2D eigenvalue weighted by Gasteiger charge is -2.18. The van der Waals surface area contributed by atoms with Gasteiger partial charge in [-0.25, -0.2) is 0 Å². The van der Waals surface area contributed by atoms with E-state index in [1.54, 1.807) is 11.8 Å². The second-order valence-corrected chi connectivity index (χ2v) is 4.86. The van der Waals surface area contributed by atoms with Crippen LogP contribution in [-0.4, -0.2) is 29.4 Å². The predicted molar refractivity (Wildman–Crippen MR) is 66.5 cm³/mol. The number of rotatable bonds is 6. The zero-order valence-corrected chi connectivity index (χ0v) is 10.5. The molecule has 1 unspecified atom stereocenters. The molecule has 3 nitrogen and oxygen atoms in total. The number of hydrogen-bond donors (Lipinski definition) is 2. The first-order valence-electron chi connectivity index (χ1n) is 4.56. The quantitative estimate of drug-likeness (QED) is 0.532. The molecule has 5 heteroatoms. The molecular weight excluding hydrogens is 216 g/mol. The Hall–Kier alpha value is -0.290. The predicted octanol–water partition coefficient (Wildman–Crippen LogP) is 1.02. The van der Waals surface area contributed by atoms with Crippen LogP contribution in [0.2, 0.25) is 0 Å². The van der Waals surface area contributed by atoms with Crippen molar-refractivity contribution in [2.45, 2.75) is 13.8 Å². The summed E-state index contributed by atoms with van der Waals surface area (Å²) in [7, 11) is 0. The lowest BCUT2D eigenvalue weighted by Crippen LogP contribution is -2.41. The highest BCUT2D eigenvalue weighted by molar-refractivity contribution is 7.98. The summed E-state index contributed by atoms with van der Waals surface area (Å²) in [4.78, 5) is 11.9. The Morgan fingerprint density at radius 3 is 2.50 bits per heavy atom. The average molecular weight is 234 g/mol. The smallest absolute Gasteiger partial charge is 0.230 e. The molecule has 1 amide bonds. The maximum Gasteiger partial charge on any atom is 0.230 e. The Morgan fingerprint density at radius 2 is 2.14 bits per heavy atom. The summed E-state index contributed by atoms with van der Waals surface area (Å²) in [6.07, 6.45) is 2.00. The van der Waals surface area contributed by atoms with Crippen LogP contribution in [0.4, 0.5) is 0 Å². The highest BCUT2D eigenvalue weighted by Gasteiger charge is 2.24. The molecule has 0 aliphatic rings. The molecular formula is C9H18N2OS2. The third kappa shape index (κ3) is 4.81. The van der Waals surface area contributed by atoms with E-state index in [1.807, 2.05) is 20.1 Å².